The molecule has 4 nitrogen and oxygen atoms in total. The van der Waals surface area contributed by atoms with Gasteiger partial charge in [-0.1, -0.05) is 6.92 Å². The first-order valence-electron chi connectivity index (χ1n) is 3.88. The van der Waals surface area contributed by atoms with Crippen molar-refractivity contribution in [2.45, 2.75) is 19.9 Å². The van der Waals surface area contributed by atoms with Crippen LogP contribution in [0.1, 0.15) is 13.3 Å². The van der Waals surface area contributed by atoms with Crippen molar-refractivity contribution in [3.63, 3.8) is 0 Å². The second kappa shape index (κ2) is 3.38. The van der Waals surface area contributed by atoms with Gasteiger partial charge in [-0.3, -0.25) is 9.36 Å². The lowest BCUT2D eigenvalue weighted by Crippen LogP contribution is -2.24. The van der Waals surface area contributed by atoms with Crippen LogP contribution in [0.5, 0.6) is 0 Å². The Hall–Kier alpha value is -1.32. The number of rotatable bonds is 3. The normalized spacial score (nSPS) is 10.2. The van der Waals surface area contributed by atoms with Crippen molar-refractivity contribution < 1.29 is 4.79 Å². The fraction of sp³-hybridized carbons (Fsp3) is 0.500. The van der Waals surface area contributed by atoms with Gasteiger partial charge in [0.15, 0.2) is 5.78 Å². The average Bonchev–Trinajstić information content (AvgIpc) is 2.36. The molecule has 0 spiro atoms. The molecule has 0 amide bonds. The van der Waals surface area contributed by atoms with E-state index in [2.05, 4.69) is 0 Å². The lowest BCUT2D eigenvalue weighted by Gasteiger charge is -1.96. The number of imidazole rings is 1. The Morgan fingerprint density at radius 1 is 1.50 bits per heavy atom. The van der Waals surface area contributed by atoms with Crippen LogP contribution in [0.2, 0.25) is 0 Å². The highest BCUT2D eigenvalue weighted by atomic mass is 16.2. The molecule has 0 aliphatic rings. The molecule has 0 unspecified atom stereocenters. The first-order valence-corrected chi connectivity index (χ1v) is 3.88. The van der Waals surface area contributed by atoms with Crippen molar-refractivity contribution in [2.75, 3.05) is 0 Å². The van der Waals surface area contributed by atoms with E-state index in [1.54, 1.807) is 26.4 Å². The zero-order chi connectivity index (χ0) is 9.14. The predicted octanol–water partition coefficient (Wildman–Crippen LogP) is 0.166. The molecule has 66 valence electrons. The Labute approximate surface area is 70.4 Å². The van der Waals surface area contributed by atoms with Crippen LogP contribution in [0.3, 0.4) is 0 Å². The van der Waals surface area contributed by atoms with Crippen molar-refractivity contribution >= 4 is 5.78 Å². The summed E-state index contributed by atoms with van der Waals surface area (Å²) in [6.45, 7) is 1.98. The predicted molar refractivity (Wildman–Crippen MR) is 45.0 cm³/mol. The fourth-order valence-electron chi connectivity index (χ4n) is 0.933. The summed E-state index contributed by atoms with van der Waals surface area (Å²) in [5.41, 5.74) is -0.142. The van der Waals surface area contributed by atoms with E-state index >= 15 is 0 Å². The molecule has 0 bridgehead atoms. The molecule has 0 radical (unpaired) electrons. The summed E-state index contributed by atoms with van der Waals surface area (Å²) in [6, 6.07) is 0. The number of carbonyl (C=O) groups is 1. The number of nitrogens with zero attached hydrogens (tertiary/aromatic N) is 2. The van der Waals surface area contributed by atoms with Gasteiger partial charge in [-0.25, -0.2) is 4.79 Å². The SMILES string of the molecule is CCC(=O)Cn1ccn(C)c1=O. The number of aromatic nitrogens is 2. The van der Waals surface area contributed by atoms with Gasteiger partial charge in [0, 0.05) is 25.9 Å². The largest absolute Gasteiger partial charge is 0.328 e. The topological polar surface area (TPSA) is 44.0 Å². The average molecular weight is 168 g/mol. The monoisotopic (exact) mass is 168 g/mol. The minimum Gasteiger partial charge on any atom is -0.302 e. The smallest absolute Gasteiger partial charge is 0.302 e. The summed E-state index contributed by atoms with van der Waals surface area (Å²) >= 11 is 0. The Morgan fingerprint density at radius 2 is 2.17 bits per heavy atom. The van der Waals surface area contributed by atoms with Gasteiger partial charge < -0.3 is 4.57 Å². The Bertz CT molecular complexity index is 335. The minimum atomic E-state index is -0.142. The zero-order valence-electron chi connectivity index (χ0n) is 7.28. The molecular weight excluding hydrogens is 156 g/mol. The molecule has 0 fully saturated rings. The molecule has 1 heterocycles. The van der Waals surface area contributed by atoms with Gasteiger partial charge in [0.25, 0.3) is 0 Å². The second-order valence-corrected chi connectivity index (χ2v) is 2.71. The molecule has 0 saturated heterocycles. The van der Waals surface area contributed by atoms with Crippen LogP contribution in [0.25, 0.3) is 0 Å². The van der Waals surface area contributed by atoms with Crippen LogP contribution in [0, 0.1) is 0 Å². The van der Waals surface area contributed by atoms with E-state index in [-0.39, 0.29) is 18.0 Å². The molecule has 0 saturated carbocycles. The molecule has 0 N–H and O–H groups in total. The van der Waals surface area contributed by atoms with E-state index in [9.17, 15) is 9.59 Å². The molecular formula is C8H12N2O2. The van der Waals surface area contributed by atoms with Gasteiger partial charge in [-0.15, -0.1) is 0 Å². The van der Waals surface area contributed by atoms with E-state index in [1.807, 2.05) is 0 Å². The van der Waals surface area contributed by atoms with Crippen LogP contribution < -0.4 is 5.69 Å². The van der Waals surface area contributed by atoms with Gasteiger partial charge in [0.05, 0.1) is 6.54 Å². The molecule has 1 rings (SSSR count). The summed E-state index contributed by atoms with van der Waals surface area (Å²) in [7, 11) is 1.66. The molecule has 4 heteroatoms. The van der Waals surface area contributed by atoms with E-state index < -0.39 is 0 Å². The van der Waals surface area contributed by atoms with Crippen molar-refractivity contribution in [1.29, 1.82) is 0 Å². The van der Waals surface area contributed by atoms with E-state index in [0.717, 1.165) is 0 Å². The highest BCUT2D eigenvalue weighted by Gasteiger charge is 2.03. The van der Waals surface area contributed by atoms with Crippen molar-refractivity contribution in [3.8, 4) is 0 Å². The van der Waals surface area contributed by atoms with Crippen LogP contribution in [0.15, 0.2) is 17.2 Å². The van der Waals surface area contributed by atoms with E-state index in [4.69, 9.17) is 0 Å². The Morgan fingerprint density at radius 3 is 2.58 bits per heavy atom. The van der Waals surface area contributed by atoms with Gasteiger partial charge in [-0.2, -0.15) is 0 Å². The highest BCUT2D eigenvalue weighted by Crippen LogP contribution is 1.87. The number of ketones is 1. The molecule has 0 atom stereocenters. The molecule has 1 aromatic rings. The van der Waals surface area contributed by atoms with Gasteiger partial charge in [-0.05, 0) is 0 Å². The van der Waals surface area contributed by atoms with Gasteiger partial charge in [0.1, 0.15) is 0 Å². The maximum absolute atomic E-state index is 11.2. The standard InChI is InChI=1S/C8H12N2O2/c1-3-7(11)6-10-5-4-9(2)8(10)12/h4-5H,3,6H2,1-2H3. The molecule has 0 aliphatic heterocycles. The van der Waals surface area contributed by atoms with Crippen LogP contribution in [-0.2, 0) is 18.4 Å². The number of carbonyl (C=O) groups excluding carboxylic acids is 1. The zero-order valence-corrected chi connectivity index (χ0v) is 7.28. The summed E-state index contributed by atoms with van der Waals surface area (Å²) in [5, 5.41) is 0. The molecule has 12 heavy (non-hydrogen) atoms. The van der Waals surface area contributed by atoms with E-state index in [1.165, 1.54) is 9.13 Å². The first-order chi connectivity index (χ1) is 5.65. The summed E-state index contributed by atoms with van der Waals surface area (Å²) < 4.78 is 2.86. The summed E-state index contributed by atoms with van der Waals surface area (Å²) in [5.74, 6) is 0.0725. The Balaban J connectivity index is 2.83. The highest BCUT2D eigenvalue weighted by molar-refractivity contribution is 5.77. The van der Waals surface area contributed by atoms with Gasteiger partial charge >= 0.3 is 5.69 Å². The number of hydrogen-bond acceptors (Lipinski definition) is 2. The lowest BCUT2D eigenvalue weighted by atomic mass is 10.3. The molecule has 0 aliphatic carbocycles. The third-order valence-corrected chi connectivity index (χ3v) is 1.76. The third-order valence-electron chi connectivity index (χ3n) is 1.76. The number of aryl methyl sites for hydroxylation is 1. The van der Waals surface area contributed by atoms with E-state index in [0.29, 0.717) is 6.42 Å². The van der Waals surface area contributed by atoms with Crippen LogP contribution in [-0.4, -0.2) is 14.9 Å². The van der Waals surface area contributed by atoms with Crippen molar-refractivity contribution in [2.24, 2.45) is 7.05 Å². The summed E-state index contributed by atoms with van der Waals surface area (Å²) in [4.78, 5) is 22.2. The maximum Gasteiger partial charge on any atom is 0.328 e. The fourth-order valence-corrected chi connectivity index (χ4v) is 0.933. The quantitative estimate of drug-likeness (QED) is 0.645. The minimum absolute atomic E-state index is 0.0725. The molecule has 0 aromatic carbocycles. The Kier molecular flexibility index (Phi) is 2.47. The van der Waals surface area contributed by atoms with Crippen LogP contribution in [0.4, 0.5) is 0 Å². The number of Topliss-reactive ketones (excluding diaryl/α,β-unsaturated/α-hetero) is 1. The maximum atomic E-state index is 11.2. The second-order valence-electron chi connectivity index (χ2n) is 2.71. The number of hydrogen-bond donors (Lipinski definition) is 0. The van der Waals surface area contributed by atoms with Crippen LogP contribution >= 0.6 is 0 Å². The van der Waals surface area contributed by atoms with Crippen molar-refractivity contribution in [1.82, 2.24) is 9.13 Å². The van der Waals surface area contributed by atoms with Crippen molar-refractivity contribution in [3.05, 3.63) is 22.9 Å². The van der Waals surface area contributed by atoms with Gasteiger partial charge in [0.2, 0.25) is 0 Å². The lowest BCUT2D eigenvalue weighted by molar-refractivity contribution is -0.119. The molecule has 1 aromatic heterocycles. The summed E-state index contributed by atoms with van der Waals surface area (Å²) in [6.07, 6.45) is 3.74. The first kappa shape index (κ1) is 8.77. The third kappa shape index (κ3) is 1.64.